The summed E-state index contributed by atoms with van der Waals surface area (Å²) >= 11 is 0. The molecule has 0 fully saturated rings. The molecule has 0 saturated heterocycles. The molecule has 0 rings (SSSR count). The topological polar surface area (TPSA) is 37.3 Å². The van der Waals surface area contributed by atoms with Gasteiger partial charge >= 0.3 is 5.97 Å². The maximum Gasteiger partial charge on any atom is 0.303 e. The van der Waals surface area contributed by atoms with Gasteiger partial charge in [0, 0.05) is 6.42 Å². The van der Waals surface area contributed by atoms with E-state index in [1.165, 1.54) is 0 Å². The highest BCUT2D eigenvalue weighted by Gasteiger charge is 2.15. The zero-order valence-electron chi connectivity index (χ0n) is 6.68. The standard InChI is InChI=1S/C8H15O2/c1-4-8(2,3)6-5-7(9)10/h1,4-6H2,2-3H3,(H,9,10). The Bertz CT molecular complexity index is 116. The minimum absolute atomic E-state index is 0.0817. The van der Waals surface area contributed by atoms with E-state index in [4.69, 9.17) is 5.11 Å². The number of hydrogen-bond acceptors (Lipinski definition) is 1. The summed E-state index contributed by atoms with van der Waals surface area (Å²) in [6, 6.07) is 0. The fourth-order valence-electron chi connectivity index (χ4n) is 0.570. The number of rotatable bonds is 4. The number of aliphatic carboxylic acids is 1. The molecule has 2 heteroatoms. The predicted octanol–water partition coefficient (Wildman–Crippen LogP) is 2.10. The summed E-state index contributed by atoms with van der Waals surface area (Å²) in [4.78, 5) is 10.1. The van der Waals surface area contributed by atoms with Gasteiger partial charge in [-0.2, -0.15) is 0 Å². The van der Waals surface area contributed by atoms with Crippen molar-refractivity contribution in [1.29, 1.82) is 0 Å². The van der Waals surface area contributed by atoms with Gasteiger partial charge in [-0.25, -0.2) is 0 Å². The molecule has 0 aromatic carbocycles. The number of carboxylic acid groups (broad SMARTS) is 1. The minimum atomic E-state index is -0.721. The molecule has 0 aromatic rings. The Balaban J connectivity index is 3.56. The molecular weight excluding hydrogens is 128 g/mol. The molecule has 0 spiro atoms. The van der Waals surface area contributed by atoms with Crippen LogP contribution in [0.4, 0.5) is 0 Å². The molecule has 0 aromatic heterocycles. The van der Waals surface area contributed by atoms with Crippen molar-refractivity contribution in [1.82, 2.24) is 0 Å². The smallest absolute Gasteiger partial charge is 0.303 e. The second kappa shape index (κ2) is 3.59. The van der Waals surface area contributed by atoms with E-state index in [0.29, 0.717) is 6.42 Å². The van der Waals surface area contributed by atoms with Crippen molar-refractivity contribution in [2.24, 2.45) is 5.41 Å². The van der Waals surface area contributed by atoms with E-state index in [9.17, 15) is 4.79 Å². The maximum atomic E-state index is 10.1. The Labute approximate surface area is 62.2 Å². The Morgan fingerprint density at radius 2 is 2.10 bits per heavy atom. The van der Waals surface area contributed by atoms with Gasteiger partial charge in [0.2, 0.25) is 0 Å². The van der Waals surface area contributed by atoms with Gasteiger partial charge in [0.05, 0.1) is 0 Å². The molecule has 0 aliphatic rings. The molecule has 10 heavy (non-hydrogen) atoms. The summed E-state index contributed by atoms with van der Waals surface area (Å²) in [5.74, 6) is -0.721. The van der Waals surface area contributed by atoms with E-state index in [-0.39, 0.29) is 11.8 Å². The van der Waals surface area contributed by atoms with Gasteiger partial charge in [0.25, 0.3) is 0 Å². The first kappa shape index (κ1) is 9.47. The summed E-state index contributed by atoms with van der Waals surface area (Å²) in [6.07, 6.45) is 1.76. The lowest BCUT2D eigenvalue weighted by molar-refractivity contribution is -0.137. The van der Waals surface area contributed by atoms with Gasteiger partial charge in [0.15, 0.2) is 0 Å². The summed E-state index contributed by atoms with van der Waals surface area (Å²) in [7, 11) is 0. The molecule has 1 N–H and O–H groups in total. The van der Waals surface area contributed by atoms with Crippen molar-refractivity contribution >= 4 is 5.97 Å². The van der Waals surface area contributed by atoms with Gasteiger partial charge in [-0.05, 0) is 18.3 Å². The quantitative estimate of drug-likeness (QED) is 0.654. The zero-order chi connectivity index (χ0) is 8.20. The van der Waals surface area contributed by atoms with Gasteiger partial charge in [0.1, 0.15) is 0 Å². The van der Waals surface area contributed by atoms with Crippen LogP contribution in [0.2, 0.25) is 0 Å². The van der Waals surface area contributed by atoms with Crippen LogP contribution in [0.25, 0.3) is 0 Å². The first-order valence-corrected chi connectivity index (χ1v) is 3.49. The molecule has 59 valence electrons. The van der Waals surface area contributed by atoms with Crippen LogP contribution >= 0.6 is 0 Å². The lowest BCUT2D eigenvalue weighted by Gasteiger charge is -2.20. The molecule has 0 unspecified atom stereocenters. The fraction of sp³-hybridized carbons (Fsp3) is 0.750. The van der Waals surface area contributed by atoms with Crippen molar-refractivity contribution in [3.8, 4) is 0 Å². The third kappa shape index (κ3) is 4.36. The Morgan fingerprint density at radius 1 is 1.60 bits per heavy atom. The molecular formula is C8H15O2. The average Bonchev–Trinajstić information content (AvgIpc) is 1.85. The third-order valence-corrected chi connectivity index (χ3v) is 1.69. The highest BCUT2D eigenvalue weighted by atomic mass is 16.4. The van der Waals surface area contributed by atoms with Gasteiger partial charge in [-0.1, -0.05) is 20.8 Å². The Morgan fingerprint density at radius 3 is 2.40 bits per heavy atom. The summed E-state index contributed by atoms with van der Waals surface area (Å²) in [5.41, 5.74) is 0.0817. The predicted molar refractivity (Wildman–Crippen MR) is 40.6 cm³/mol. The van der Waals surface area contributed by atoms with Crippen LogP contribution in [0.5, 0.6) is 0 Å². The first-order valence-electron chi connectivity index (χ1n) is 3.49. The summed E-state index contributed by atoms with van der Waals surface area (Å²) < 4.78 is 0. The van der Waals surface area contributed by atoms with Crippen LogP contribution < -0.4 is 0 Å². The SMILES string of the molecule is [CH2]CC(C)(C)CCC(=O)O. The van der Waals surface area contributed by atoms with Gasteiger partial charge < -0.3 is 5.11 Å². The van der Waals surface area contributed by atoms with Crippen LogP contribution in [-0.2, 0) is 4.79 Å². The Kier molecular flexibility index (Phi) is 3.40. The average molecular weight is 143 g/mol. The normalized spacial score (nSPS) is 11.5. The molecule has 0 aliphatic carbocycles. The zero-order valence-corrected chi connectivity index (χ0v) is 6.68. The monoisotopic (exact) mass is 143 g/mol. The molecule has 0 atom stereocenters. The highest BCUT2D eigenvalue weighted by Crippen LogP contribution is 2.25. The van der Waals surface area contributed by atoms with E-state index >= 15 is 0 Å². The maximum absolute atomic E-state index is 10.1. The van der Waals surface area contributed by atoms with Gasteiger partial charge in [-0.3, -0.25) is 4.79 Å². The van der Waals surface area contributed by atoms with Crippen LogP contribution in [0.1, 0.15) is 33.1 Å². The van der Waals surface area contributed by atoms with Gasteiger partial charge in [-0.15, -0.1) is 0 Å². The van der Waals surface area contributed by atoms with Crippen LogP contribution in [0.3, 0.4) is 0 Å². The molecule has 0 bridgehead atoms. The molecule has 1 radical (unpaired) electrons. The lowest BCUT2D eigenvalue weighted by atomic mass is 9.85. The second-order valence-corrected chi connectivity index (χ2v) is 3.31. The van der Waals surface area contributed by atoms with Crippen molar-refractivity contribution in [2.75, 3.05) is 0 Å². The molecule has 0 amide bonds. The van der Waals surface area contributed by atoms with E-state index in [0.717, 1.165) is 6.42 Å². The fourth-order valence-corrected chi connectivity index (χ4v) is 0.570. The molecule has 0 heterocycles. The van der Waals surface area contributed by atoms with E-state index in [1.807, 2.05) is 13.8 Å². The van der Waals surface area contributed by atoms with E-state index in [1.54, 1.807) is 0 Å². The largest absolute Gasteiger partial charge is 0.481 e. The number of carboxylic acids is 1. The highest BCUT2D eigenvalue weighted by molar-refractivity contribution is 5.66. The third-order valence-electron chi connectivity index (χ3n) is 1.69. The van der Waals surface area contributed by atoms with Crippen LogP contribution in [0, 0.1) is 12.3 Å². The van der Waals surface area contributed by atoms with Crippen molar-refractivity contribution in [3.63, 3.8) is 0 Å². The Hall–Kier alpha value is -0.530. The lowest BCUT2D eigenvalue weighted by Crippen LogP contribution is -2.11. The van der Waals surface area contributed by atoms with Crippen molar-refractivity contribution in [2.45, 2.75) is 33.1 Å². The van der Waals surface area contributed by atoms with Crippen LogP contribution in [0.15, 0.2) is 0 Å². The number of carbonyl (C=O) groups is 1. The molecule has 0 saturated carbocycles. The molecule has 0 aliphatic heterocycles. The molecule has 2 nitrogen and oxygen atoms in total. The summed E-state index contributed by atoms with van der Waals surface area (Å²) in [6.45, 7) is 7.80. The van der Waals surface area contributed by atoms with E-state index in [2.05, 4.69) is 6.92 Å². The second-order valence-electron chi connectivity index (χ2n) is 3.31. The minimum Gasteiger partial charge on any atom is -0.481 e. The van der Waals surface area contributed by atoms with Crippen molar-refractivity contribution in [3.05, 3.63) is 6.92 Å². The van der Waals surface area contributed by atoms with Crippen LogP contribution in [-0.4, -0.2) is 11.1 Å². The van der Waals surface area contributed by atoms with E-state index < -0.39 is 5.97 Å². The first-order chi connectivity index (χ1) is 4.48. The number of hydrogen-bond donors (Lipinski definition) is 1. The van der Waals surface area contributed by atoms with Crippen molar-refractivity contribution < 1.29 is 9.90 Å². The summed E-state index contributed by atoms with van der Waals surface area (Å²) in [5, 5.41) is 8.35.